The first-order valence-corrected chi connectivity index (χ1v) is 5.10. The summed E-state index contributed by atoms with van der Waals surface area (Å²) in [5, 5.41) is 0.786. The van der Waals surface area contributed by atoms with Gasteiger partial charge in [-0.3, -0.25) is 0 Å². The highest BCUT2D eigenvalue weighted by atomic mass is 32.1. The molecule has 72 valence electrons. The molecule has 1 heterocycles. The fourth-order valence-electron chi connectivity index (χ4n) is 1.39. The van der Waals surface area contributed by atoms with Crippen molar-refractivity contribution < 1.29 is 4.39 Å². The quantitative estimate of drug-likeness (QED) is 0.761. The summed E-state index contributed by atoms with van der Waals surface area (Å²) in [5.41, 5.74) is 7.80. The minimum Gasteiger partial charge on any atom is -0.390 e. The fourth-order valence-corrected chi connectivity index (χ4v) is 2.20. The summed E-state index contributed by atoms with van der Waals surface area (Å²) in [6, 6.07) is 8.40. The largest absolute Gasteiger partial charge is 0.390 e. The van der Waals surface area contributed by atoms with E-state index < -0.39 is 0 Å². The predicted octanol–water partition coefficient (Wildman–Crippen LogP) is 3.44. The van der Waals surface area contributed by atoms with E-state index in [0.717, 1.165) is 16.1 Å². The van der Waals surface area contributed by atoms with Gasteiger partial charge in [-0.05, 0) is 30.7 Å². The summed E-state index contributed by atoms with van der Waals surface area (Å²) < 4.78 is 12.7. The lowest BCUT2D eigenvalue weighted by molar-refractivity contribution is 0.628. The van der Waals surface area contributed by atoms with Crippen LogP contribution in [-0.2, 0) is 0 Å². The molecule has 2 rings (SSSR count). The first kappa shape index (κ1) is 9.21. The minimum absolute atomic E-state index is 0.223. The molecular formula is C11H10FNS. The molecule has 14 heavy (non-hydrogen) atoms. The molecule has 0 radical (unpaired) electrons. The molecule has 0 fully saturated rings. The van der Waals surface area contributed by atoms with E-state index in [0.29, 0.717) is 0 Å². The van der Waals surface area contributed by atoms with Gasteiger partial charge in [0.05, 0.1) is 5.00 Å². The van der Waals surface area contributed by atoms with Crippen LogP contribution in [0.5, 0.6) is 0 Å². The minimum atomic E-state index is -0.223. The normalized spacial score (nSPS) is 10.4. The first-order valence-electron chi connectivity index (χ1n) is 4.28. The zero-order valence-electron chi connectivity index (χ0n) is 7.75. The summed E-state index contributed by atoms with van der Waals surface area (Å²) >= 11 is 1.55. The Kier molecular flexibility index (Phi) is 2.25. The lowest BCUT2D eigenvalue weighted by atomic mass is 10.1. The number of aryl methyl sites for hydroxylation is 1. The van der Waals surface area contributed by atoms with Gasteiger partial charge in [-0.15, -0.1) is 11.3 Å². The Morgan fingerprint density at radius 1 is 1.21 bits per heavy atom. The molecule has 0 saturated heterocycles. The molecule has 2 N–H and O–H groups in total. The number of rotatable bonds is 1. The molecule has 0 spiro atoms. The zero-order valence-corrected chi connectivity index (χ0v) is 8.57. The van der Waals surface area contributed by atoms with E-state index in [2.05, 4.69) is 0 Å². The highest BCUT2D eigenvalue weighted by Crippen LogP contribution is 2.33. The second-order valence-corrected chi connectivity index (χ2v) is 4.43. The average molecular weight is 207 g/mol. The van der Waals surface area contributed by atoms with Crippen LogP contribution in [0.2, 0.25) is 0 Å². The third-order valence-corrected chi connectivity index (χ3v) is 2.92. The Hall–Kier alpha value is -1.35. The molecule has 1 nitrogen and oxygen atoms in total. The van der Waals surface area contributed by atoms with Gasteiger partial charge in [0.1, 0.15) is 5.82 Å². The van der Waals surface area contributed by atoms with E-state index in [4.69, 9.17) is 5.73 Å². The maximum Gasteiger partial charge on any atom is 0.123 e. The van der Waals surface area contributed by atoms with E-state index in [1.54, 1.807) is 23.5 Å². The first-order chi connectivity index (χ1) is 6.66. The topological polar surface area (TPSA) is 26.0 Å². The molecule has 1 aromatic carbocycles. The predicted molar refractivity (Wildman–Crippen MR) is 58.9 cm³/mol. The Balaban J connectivity index is 2.49. The van der Waals surface area contributed by atoms with Gasteiger partial charge in [-0.25, -0.2) is 4.39 Å². The van der Waals surface area contributed by atoms with Gasteiger partial charge in [0.2, 0.25) is 0 Å². The maximum atomic E-state index is 12.7. The van der Waals surface area contributed by atoms with Crippen LogP contribution in [0.4, 0.5) is 9.39 Å². The van der Waals surface area contributed by atoms with Crippen LogP contribution < -0.4 is 5.73 Å². The van der Waals surface area contributed by atoms with Crippen LogP contribution in [0.25, 0.3) is 11.1 Å². The standard InChI is InChI=1S/C11H10FNS/c1-7-6-10(11(13)14-7)8-2-4-9(12)5-3-8/h2-6H,13H2,1H3. The van der Waals surface area contributed by atoms with Crippen LogP contribution in [0.15, 0.2) is 30.3 Å². The second-order valence-electron chi connectivity index (χ2n) is 3.14. The number of hydrogen-bond acceptors (Lipinski definition) is 2. The Labute approximate surface area is 86.0 Å². The molecule has 0 aliphatic rings. The van der Waals surface area contributed by atoms with Crippen molar-refractivity contribution in [1.29, 1.82) is 0 Å². The summed E-state index contributed by atoms with van der Waals surface area (Å²) in [5.74, 6) is -0.223. The highest BCUT2D eigenvalue weighted by molar-refractivity contribution is 7.16. The summed E-state index contributed by atoms with van der Waals surface area (Å²) in [4.78, 5) is 1.17. The van der Waals surface area contributed by atoms with E-state index in [1.807, 2.05) is 13.0 Å². The number of anilines is 1. The van der Waals surface area contributed by atoms with Gasteiger partial charge in [0, 0.05) is 10.4 Å². The average Bonchev–Trinajstić information content (AvgIpc) is 2.47. The lowest BCUT2D eigenvalue weighted by Gasteiger charge is -1.98. The van der Waals surface area contributed by atoms with Crippen molar-refractivity contribution in [2.45, 2.75) is 6.92 Å². The number of benzene rings is 1. The Bertz CT molecular complexity index is 445. The van der Waals surface area contributed by atoms with Crippen molar-refractivity contribution in [1.82, 2.24) is 0 Å². The lowest BCUT2D eigenvalue weighted by Crippen LogP contribution is -1.83. The molecule has 0 amide bonds. The van der Waals surface area contributed by atoms with Crippen LogP contribution >= 0.6 is 11.3 Å². The molecule has 0 unspecified atom stereocenters. The Morgan fingerprint density at radius 3 is 2.36 bits per heavy atom. The molecule has 0 bridgehead atoms. The molecule has 0 aliphatic carbocycles. The molecule has 1 aromatic heterocycles. The smallest absolute Gasteiger partial charge is 0.123 e. The van der Waals surface area contributed by atoms with Gasteiger partial charge in [0.15, 0.2) is 0 Å². The van der Waals surface area contributed by atoms with Crippen LogP contribution in [0.3, 0.4) is 0 Å². The summed E-state index contributed by atoms with van der Waals surface area (Å²) in [6.45, 7) is 2.01. The number of halogens is 1. The summed E-state index contributed by atoms with van der Waals surface area (Å²) in [6.07, 6.45) is 0. The van der Waals surface area contributed by atoms with E-state index in [-0.39, 0.29) is 5.82 Å². The molecule has 3 heteroatoms. The van der Waals surface area contributed by atoms with Gasteiger partial charge in [0.25, 0.3) is 0 Å². The number of nitrogens with two attached hydrogens (primary N) is 1. The zero-order chi connectivity index (χ0) is 10.1. The summed E-state index contributed by atoms with van der Waals surface area (Å²) in [7, 11) is 0. The van der Waals surface area contributed by atoms with Crippen molar-refractivity contribution in [2.75, 3.05) is 5.73 Å². The highest BCUT2D eigenvalue weighted by Gasteiger charge is 2.05. The molecule has 0 aliphatic heterocycles. The number of hydrogen-bond donors (Lipinski definition) is 1. The van der Waals surface area contributed by atoms with Crippen molar-refractivity contribution in [3.63, 3.8) is 0 Å². The van der Waals surface area contributed by atoms with Crippen molar-refractivity contribution in [3.05, 3.63) is 41.0 Å². The SMILES string of the molecule is Cc1cc(-c2ccc(F)cc2)c(N)s1. The van der Waals surface area contributed by atoms with E-state index in [1.165, 1.54) is 17.0 Å². The molecular weight excluding hydrogens is 197 g/mol. The van der Waals surface area contributed by atoms with Gasteiger partial charge < -0.3 is 5.73 Å². The van der Waals surface area contributed by atoms with Crippen LogP contribution in [-0.4, -0.2) is 0 Å². The van der Waals surface area contributed by atoms with Crippen molar-refractivity contribution in [2.24, 2.45) is 0 Å². The number of nitrogen functional groups attached to an aromatic ring is 1. The van der Waals surface area contributed by atoms with Crippen molar-refractivity contribution in [3.8, 4) is 11.1 Å². The van der Waals surface area contributed by atoms with Crippen molar-refractivity contribution >= 4 is 16.3 Å². The van der Waals surface area contributed by atoms with Crippen LogP contribution in [0, 0.1) is 12.7 Å². The van der Waals surface area contributed by atoms with Gasteiger partial charge >= 0.3 is 0 Å². The third-order valence-electron chi connectivity index (χ3n) is 2.04. The van der Waals surface area contributed by atoms with E-state index >= 15 is 0 Å². The van der Waals surface area contributed by atoms with Crippen LogP contribution in [0.1, 0.15) is 4.88 Å². The maximum absolute atomic E-state index is 12.7. The number of thiophene rings is 1. The molecule has 0 saturated carbocycles. The molecule has 0 atom stereocenters. The molecule has 2 aromatic rings. The second kappa shape index (κ2) is 3.42. The Morgan fingerprint density at radius 2 is 1.86 bits per heavy atom. The van der Waals surface area contributed by atoms with Gasteiger partial charge in [-0.2, -0.15) is 0 Å². The fraction of sp³-hybridized carbons (Fsp3) is 0.0909. The third kappa shape index (κ3) is 1.63. The van der Waals surface area contributed by atoms with Gasteiger partial charge in [-0.1, -0.05) is 12.1 Å². The van der Waals surface area contributed by atoms with E-state index in [9.17, 15) is 4.39 Å². The monoisotopic (exact) mass is 207 g/mol.